The summed E-state index contributed by atoms with van der Waals surface area (Å²) in [7, 11) is 0. The summed E-state index contributed by atoms with van der Waals surface area (Å²) in [6.45, 7) is -5.82. The third-order valence-corrected chi connectivity index (χ3v) is 12.4. The topological polar surface area (TPSA) is 506 Å². The van der Waals surface area contributed by atoms with Gasteiger partial charge in [-0.05, 0) is 0 Å². The van der Waals surface area contributed by atoms with Crippen molar-refractivity contribution in [2.75, 3.05) is 39.6 Å². The number of ether oxygens (including phenoxy) is 11. The third kappa shape index (κ3) is 11.2. The lowest BCUT2D eigenvalue weighted by molar-refractivity contribution is -0.412. The molecule has 0 radical (unpaired) electrons. The van der Waals surface area contributed by atoms with Crippen molar-refractivity contribution in [1.82, 2.24) is 0 Å². The van der Waals surface area contributed by atoms with Gasteiger partial charge >= 0.3 is 0 Å². The Bertz CT molecular complexity index is 1510. The van der Waals surface area contributed by atoms with E-state index in [2.05, 4.69) is 0 Å². The highest BCUT2D eigenvalue weighted by Crippen LogP contribution is 2.37. The molecule has 67 heavy (non-hydrogen) atoms. The second-order valence-corrected chi connectivity index (χ2v) is 16.8. The van der Waals surface area contributed by atoms with E-state index >= 15 is 0 Å². The Kier molecular flexibility index (Phi) is 19.4. The van der Waals surface area contributed by atoms with Crippen LogP contribution < -0.4 is 0 Å². The Morgan fingerprint density at radius 2 is 0.478 bits per heavy atom. The van der Waals surface area contributed by atoms with E-state index in [0.29, 0.717) is 0 Å². The molecule has 31 nitrogen and oxygen atoms in total. The summed E-state index contributed by atoms with van der Waals surface area (Å²) in [5, 5.41) is 211. The van der Waals surface area contributed by atoms with E-state index in [-0.39, 0.29) is 0 Å². The Morgan fingerprint density at radius 3 is 0.851 bits per heavy atom. The molecule has 30 atom stereocenters. The zero-order valence-electron chi connectivity index (χ0n) is 35.0. The molecule has 0 saturated carbocycles. The first-order chi connectivity index (χ1) is 31.8. The zero-order valence-corrected chi connectivity index (χ0v) is 35.0. The van der Waals surface area contributed by atoms with Crippen LogP contribution in [-0.2, 0) is 52.1 Å². The Labute approximate surface area is 378 Å². The summed E-state index contributed by atoms with van der Waals surface area (Å²) in [6.07, 6.45) is -59.6. The van der Waals surface area contributed by atoms with Gasteiger partial charge in [0.2, 0.25) is 0 Å². The van der Waals surface area contributed by atoms with Crippen LogP contribution in [-0.4, -0.2) is 326 Å². The Balaban J connectivity index is 1.27. The standard InChI is InChI=1S/C36H62O31/c37-1-7-14(44)20(50)27(31(56)57-7)64-35-30(23(53)17(47)10(4-40)61-35)67-36-29(22(52)16(46)11(5-41)62-36)66-33-25(55)26(18(48)12(6-42)59-33)63-34-28(21(51)15(45)9(3-39)60-34)65-32-24(54)19(49)13(43)8(2-38)58-32/h7-56H,1-6H2/t7-,8-,9-,10-,11-,12-,13-,14-,15-,16-,17-,18-,19+,20+,21+,22+,23+,24+,25+,26+,27+,28+,29+,30+,31?,32-,33-,34-,35-,36-/m1/s1. The first-order valence-electron chi connectivity index (χ1n) is 21.1. The summed E-state index contributed by atoms with van der Waals surface area (Å²) < 4.78 is 61.7. The van der Waals surface area contributed by atoms with Crippen LogP contribution in [0.4, 0.5) is 0 Å². The maximum Gasteiger partial charge on any atom is 0.187 e. The minimum atomic E-state index is -2.32. The third-order valence-electron chi connectivity index (χ3n) is 12.4. The van der Waals surface area contributed by atoms with Crippen molar-refractivity contribution in [1.29, 1.82) is 0 Å². The molecule has 0 amide bonds. The van der Waals surface area contributed by atoms with Crippen molar-refractivity contribution in [2.24, 2.45) is 0 Å². The number of aliphatic hydroxyl groups is 20. The normalized spacial score (nSPS) is 53.4. The van der Waals surface area contributed by atoms with Crippen LogP contribution in [0, 0.1) is 0 Å². The monoisotopic (exact) mass is 990 g/mol. The summed E-state index contributed by atoms with van der Waals surface area (Å²) in [5.74, 6) is 0. The lowest BCUT2D eigenvalue weighted by Crippen LogP contribution is -2.69. The van der Waals surface area contributed by atoms with Gasteiger partial charge in [-0.15, -0.1) is 0 Å². The molecule has 392 valence electrons. The number of aliphatic hydroxyl groups excluding tert-OH is 20. The van der Waals surface area contributed by atoms with Gasteiger partial charge in [0.15, 0.2) is 37.7 Å². The van der Waals surface area contributed by atoms with Crippen LogP contribution in [0.3, 0.4) is 0 Å². The van der Waals surface area contributed by atoms with Crippen molar-refractivity contribution in [3.8, 4) is 0 Å². The van der Waals surface area contributed by atoms with Gasteiger partial charge in [0, 0.05) is 0 Å². The van der Waals surface area contributed by atoms with Crippen molar-refractivity contribution in [3.05, 3.63) is 0 Å². The molecule has 31 heteroatoms. The van der Waals surface area contributed by atoms with E-state index in [4.69, 9.17) is 52.1 Å². The molecule has 6 saturated heterocycles. The lowest BCUT2D eigenvalue weighted by atomic mass is 9.95. The minimum absolute atomic E-state index is 0.859. The second kappa shape index (κ2) is 23.5. The summed E-state index contributed by atoms with van der Waals surface area (Å²) in [6, 6.07) is 0. The maximum absolute atomic E-state index is 11.7. The van der Waals surface area contributed by atoms with Crippen molar-refractivity contribution in [2.45, 2.75) is 184 Å². The first-order valence-corrected chi connectivity index (χ1v) is 21.1. The van der Waals surface area contributed by atoms with E-state index < -0.39 is 224 Å². The fourth-order valence-electron chi connectivity index (χ4n) is 8.43. The first kappa shape index (κ1) is 55.1. The van der Waals surface area contributed by atoms with Crippen molar-refractivity contribution in [3.63, 3.8) is 0 Å². The molecule has 1 unspecified atom stereocenters. The quantitative estimate of drug-likeness (QED) is 0.0683. The SMILES string of the molecule is OC[C@H]1O[C@H](O[C@@H]2[C@@H](O[C@@H]3[C@H](O)[C@@H](O[C@@H]4[C@@H](O[C@@H]5[C@@H](O[C@@H]6C(O)O[C@H](CO)[C@@H](O)[C@@H]6O)O[C@H](CO)[C@@H](O)[C@@H]5O)O[C@H](CO)[C@@H](O)[C@@H]4O)O[C@H](CO)[C@H]3O)O[C@H](CO)[C@@H](O)[C@@H]2O)[C@@H](O)[C@@H](O)[C@@H]1O. The minimum Gasteiger partial charge on any atom is -0.394 e. The molecule has 0 aromatic carbocycles. The molecule has 0 aromatic rings. The van der Waals surface area contributed by atoms with Crippen LogP contribution >= 0.6 is 0 Å². The van der Waals surface area contributed by atoms with Gasteiger partial charge in [0.25, 0.3) is 0 Å². The predicted molar refractivity (Wildman–Crippen MR) is 199 cm³/mol. The van der Waals surface area contributed by atoms with Crippen LogP contribution in [0.25, 0.3) is 0 Å². The predicted octanol–water partition coefficient (Wildman–Crippen LogP) is -14.1. The molecule has 6 fully saturated rings. The molecule has 6 aliphatic rings. The number of hydrogen-bond acceptors (Lipinski definition) is 31. The number of hydrogen-bond donors (Lipinski definition) is 20. The molecule has 20 N–H and O–H groups in total. The van der Waals surface area contributed by atoms with Gasteiger partial charge in [-0.3, -0.25) is 0 Å². The molecular weight excluding hydrogens is 928 g/mol. The average Bonchev–Trinajstić information content (AvgIpc) is 3.31. The maximum atomic E-state index is 11.7. The van der Waals surface area contributed by atoms with E-state index in [1.165, 1.54) is 0 Å². The van der Waals surface area contributed by atoms with E-state index in [1.54, 1.807) is 0 Å². The molecular formula is C36H62O31. The van der Waals surface area contributed by atoms with Crippen LogP contribution in [0.15, 0.2) is 0 Å². The van der Waals surface area contributed by atoms with Gasteiger partial charge in [-0.25, -0.2) is 0 Å². The molecule has 0 aliphatic carbocycles. The highest BCUT2D eigenvalue weighted by molar-refractivity contribution is 5.00. The Morgan fingerprint density at radius 1 is 0.224 bits per heavy atom. The molecule has 0 aromatic heterocycles. The average molecular weight is 991 g/mol. The van der Waals surface area contributed by atoms with Gasteiger partial charge in [-0.2, -0.15) is 0 Å². The van der Waals surface area contributed by atoms with Crippen molar-refractivity contribution < 1.29 is 154 Å². The van der Waals surface area contributed by atoms with Gasteiger partial charge in [0.1, 0.15) is 146 Å². The fourth-order valence-corrected chi connectivity index (χ4v) is 8.43. The molecule has 6 heterocycles. The largest absolute Gasteiger partial charge is 0.394 e. The van der Waals surface area contributed by atoms with Crippen molar-refractivity contribution >= 4 is 0 Å². The smallest absolute Gasteiger partial charge is 0.187 e. The van der Waals surface area contributed by atoms with E-state index in [1.807, 2.05) is 0 Å². The van der Waals surface area contributed by atoms with Gasteiger partial charge in [-0.1, -0.05) is 0 Å². The lowest BCUT2D eigenvalue weighted by Gasteiger charge is -2.50. The summed E-state index contributed by atoms with van der Waals surface area (Å²) in [4.78, 5) is 0. The highest BCUT2D eigenvalue weighted by Gasteiger charge is 2.58. The summed E-state index contributed by atoms with van der Waals surface area (Å²) >= 11 is 0. The zero-order chi connectivity index (χ0) is 49.3. The fraction of sp³-hybridized carbons (Fsp3) is 1.00. The van der Waals surface area contributed by atoms with E-state index in [0.717, 1.165) is 0 Å². The van der Waals surface area contributed by atoms with Gasteiger partial charge < -0.3 is 154 Å². The van der Waals surface area contributed by atoms with E-state index in [9.17, 15) is 102 Å². The van der Waals surface area contributed by atoms with Crippen LogP contribution in [0.1, 0.15) is 0 Å². The Hall–Kier alpha value is -1.24. The van der Waals surface area contributed by atoms with Gasteiger partial charge in [0.05, 0.1) is 39.6 Å². The molecule has 0 bridgehead atoms. The molecule has 0 spiro atoms. The summed E-state index contributed by atoms with van der Waals surface area (Å²) in [5.41, 5.74) is 0. The number of rotatable bonds is 16. The highest BCUT2D eigenvalue weighted by atomic mass is 16.8. The molecule has 6 rings (SSSR count). The second-order valence-electron chi connectivity index (χ2n) is 16.8. The van der Waals surface area contributed by atoms with Crippen LogP contribution in [0.2, 0.25) is 0 Å². The molecule has 6 aliphatic heterocycles. The van der Waals surface area contributed by atoms with Crippen LogP contribution in [0.5, 0.6) is 0 Å².